The minimum Gasteiger partial charge on any atom is -0.459 e. The SMILES string of the molecule is C=C(CC)/C(=C\C=C(C)C)C(=O)OC(C)C. The molecule has 0 fully saturated rings. The third kappa shape index (κ3) is 5.54. The third-order valence-electron chi connectivity index (χ3n) is 1.95. The summed E-state index contributed by atoms with van der Waals surface area (Å²) >= 11 is 0. The van der Waals surface area contributed by atoms with E-state index < -0.39 is 0 Å². The van der Waals surface area contributed by atoms with E-state index in [1.165, 1.54) is 0 Å². The molecule has 0 heterocycles. The minimum atomic E-state index is -0.292. The molecule has 0 aromatic rings. The van der Waals surface area contributed by atoms with Gasteiger partial charge in [0.15, 0.2) is 0 Å². The van der Waals surface area contributed by atoms with Crippen molar-refractivity contribution < 1.29 is 9.53 Å². The van der Waals surface area contributed by atoms with Crippen LogP contribution < -0.4 is 0 Å². The molecule has 0 radical (unpaired) electrons. The topological polar surface area (TPSA) is 26.3 Å². The van der Waals surface area contributed by atoms with Gasteiger partial charge in [0.05, 0.1) is 11.7 Å². The Morgan fingerprint density at radius 3 is 2.25 bits per heavy atom. The summed E-state index contributed by atoms with van der Waals surface area (Å²) in [7, 11) is 0. The predicted molar refractivity (Wildman–Crippen MR) is 68.2 cm³/mol. The standard InChI is InChI=1S/C14H22O2/c1-7-12(6)13(9-8-10(2)3)14(15)16-11(4)5/h8-9,11H,6-7H2,1-5H3/b13-9+. The molecule has 16 heavy (non-hydrogen) atoms. The Balaban J connectivity index is 4.95. The smallest absolute Gasteiger partial charge is 0.338 e. The molecular weight excluding hydrogens is 200 g/mol. The summed E-state index contributed by atoms with van der Waals surface area (Å²) in [5.41, 5.74) is 2.51. The van der Waals surface area contributed by atoms with Crippen LogP contribution in [-0.4, -0.2) is 12.1 Å². The fraction of sp³-hybridized carbons (Fsp3) is 0.500. The average molecular weight is 222 g/mol. The number of ether oxygens (including phenoxy) is 1. The molecule has 0 spiro atoms. The normalized spacial score (nSPS) is 11.2. The molecular formula is C14H22O2. The molecule has 0 rings (SSSR count). The fourth-order valence-electron chi connectivity index (χ4n) is 1.05. The van der Waals surface area contributed by atoms with Gasteiger partial charge in [-0.3, -0.25) is 0 Å². The van der Waals surface area contributed by atoms with Crippen LogP contribution >= 0.6 is 0 Å². The van der Waals surface area contributed by atoms with E-state index in [2.05, 4.69) is 6.58 Å². The molecule has 0 N–H and O–H groups in total. The molecule has 0 aliphatic rings. The highest BCUT2D eigenvalue weighted by atomic mass is 16.5. The minimum absolute atomic E-state index is 0.104. The average Bonchev–Trinajstić information content (AvgIpc) is 2.15. The highest BCUT2D eigenvalue weighted by molar-refractivity contribution is 5.93. The van der Waals surface area contributed by atoms with Crippen molar-refractivity contribution in [3.63, 3.8) is 0 Å². The van der Waals surface area contributed by atoms with Crippen molar-refractivity contribution >= 4 is 5.97 Å². The number of esters is 1. The van der Waals surface area contributed by atoms with E-state index in [4.69, 9.17) is 4.74 Å². The van der Waals surface area contributed by atoms with Gasteiger partial charge >= 0.3 is 5.97 Å². The van der Waals surface area contributed by atoms with E-state index in [9.17, 15) is 4.79 Å². The molecule has 0 saturated heterocycles. The van der Waals surface area contributed by atoms with Crippen LogP contribution in [0, 0.1) is 0 Å². The first kappa shape index (κ1) is 14.7. The quantitative estimate of drug-likeness (QED) is 0.402. The van der Waals surface area contributed by atoms with Crippen molar-refractivity contribution in [3.8, 4) is 0 Å². The molecule has 0 aliphatic heterocycles. The van der Waals surface area contributed by atoms with Crippen molar-refractivity contribution in [2.75, 3.05) is 0 Å². The highest BCUT2D eigenvalue weighted by Crippen LogP contribution is 2.15. The Labute approximate surface area is 98.7 Å². The van der Waals surface area contributed by atoms with Crippen molar-refractivity contribution in [1.82, 2.24) is 0 Å². The number of rotatable bonds is 5. The lowest BCUT2D eigenvalue weighted by atomic mass is 10.0. The van der Waals surface area contributed by atoms with E-state index >= 15 is 0 Å². The number of carbonyl (C=O) groups excluding carboxylic acids is 1. The van der Waals surface area contributed by atoms with Gasteiger partial charge in [-0.1, -0.05) is 25.2 Å². The molecule has 2 nitrogen and oxygen atoms in total. The second kappa shape index (κ2) is 7.04. The van der Waals surface area contributed by atoms with Gasteiger partial charge in [-0.15, -0.1) is 0 Å². The van der Waals surface area contributed by atoms with Gasteiger partial charge in [0.1, 0.15) is 0 Å². The maximum absolute atomic E-state index is 11.8. The predicted octanol–water partition coefficient (Wildman–Crippen LogP) is 3.80. The van der Waals surface area contributed by atoms with Gasteiger partial charge in [-0.25, -0.2) is 4.79 Å². The summed E-state index contributed by atoms with van der Waals surface area (Å²) in [6.07, 6.45) is 4.33. The van der Waals surface area contributed by atoms with Gasteiger partial charge in [-0.05, 0) is 45.8 Å². The molecule has 0 atom stereocenters. The second-order valence-corrected chi connectivity index (χ2v) is 4.24. The zero-order valence-electron chi connectivity index (χ0n) is 11.0. The molecule has 0 aliphatic carbocycles. The van der Waals surface area contributed by atoms with Crippen LogP contribution in [0.4, 0.5) is 0 Å². The van der Waals surface area contributed by atoms with Crippen LogP contribution in [0.3, 0.4) is 0 Å². The monoisotopic (exact) mass is 222 g/mol. The summed E-state index contributed by atoms with van der Waals surface area (Å²) in [6.45, 7) is 13.5. The van der Waals surface area contributed by atoms with Crippen molar-refractivity contribution in [2.24, 2.45) is 0 Å². The fourth-order valence-corrected chi connectivity index (χ4v) is 1.05. The first-order valence-electron chi connectivity index (χ1n) is 5.62. The summed E-state index contributed by atoms with van der Waals surface area (Å²) in [6, 6.07) is 0. The number of hydrogen-bond acceptors (Lipinski definition) is 2. The van der Waals surface area contributed by atoms with Gasteiger partial charge in [0, 0.05) is 0 Å². The van der Waals surface area contributed by atoms with Crippen LogP contribution in [0.5, 0.6) is 0 Å². The van der Waals surface area contributed by atoms with E-state index in [0.717, 1.165) is 17.6 Å². The summed E-state index contributed by atoms with van der Waals surface area (Å²) in [5, 5.41) is 0. The first-order valence-corrected chi connectivity index (χ1v) is 5.62. The number of hydrogen-bond donors (Lipinski definition) is 0. The van der Waals surface area contributed by atoms with Crippen molar-refractivity contribution in [1.29, 1.82) is 0 Å². The van der Waals surface area contributed by atoms with E-state index in [1.54, 1.807) is 6.08 Å². The highest BCUT2D eigenvalue weighted by Gasteiger charge is 2.13. The Morgan fingerprint density at radius 1 is 1.31 bits per heavy atom. The number of carbonyl (C=O) groups is 1. The van der Waals surface area contributed by atoms with Gasteiger partial charge < -0.3 is 4.74 Å². The van der Waals surface area contributed by atoms with E-state index in [-0.39, 0.29) is 12.1 Å². The molecule has 0 amide bonds. The number of allylic oxidation sites excluding steroid dienone is 3. The van der Waals surface area contributed by atoms with E-state index in [1.807, 2.05) is 40.7 Å². The Bertz CT molecular complexity index is 316. The maximum atomic E-state index is 11.8. The molecule has 0 bridgehead atoms. The Hall–Kier alpha value is -1.31. The Kier molecular flexibility index (Phi) is 6.47. The maximum Gasteiger partial charge on any atom is 0.338 e. The zero-order valence-corrected chi connectivity index (χ0v) is 11.0. The molecule has 0 aromatic heterocycles. The molecule has 0 unspecified atom stereocenters. The van der Waals surface area contributed by atoms with Gasteiger partial charge in [0.25, 0.3) is 0 Å². The van der Waals surface area contributed by atoms with Gasteiger partial charge in [-0.2, -0.15) is 0 Å². The molecule has 0 aromatic carbocycles. The van der Waals surface area contributed by atoms with Gasteiger partial charge in [0.2, 0.25) is 0 Å². The molecule has 0 saturated carbocycles. The van der Waals surface area contributed by atoms with Crippen LogP contribution in [-0.2, 0) is 9.53 Å². The summed E-state index contributed by atoms with van der Waals surface area (Å²) in [4.78, 5) is 11.8. The lowest BCUT2D eigenvalue weighted by Gasteiger charge is -2.11. The Morgan fingerprint density at radius 2 is 1.88 bits per heavy atom. The zero-order chi connectivity index (χ0) is 12.7. The molecule has 2 heteroatoms. The van der Waals surface area contributed by atoms with Crippen LogP contribution in [0.25, 0.3) is 0 Å². The van der Waals surface area contributed by atoms with E-state index in [0.29, 0.717) is 5.57 Å². The van der Waals surface area contributed by atoms with Crippen LogP contribution in [0.1, 0.15) is 41.0 Å². The van der Waals surface area contributed by atoms with Crippen LogP contribution in [0.2, 0.25) is 0 Å². The van der Waals surface area contributed by atoms with Crippen molar-refractivity contribution in [3.05, 3.63) is 35.5 Å². The first-order chi connectivity index (χ1) is 7.38. The van der Waals surface area contributed by atoms with Crippen LogP contribution in [0.15, 0.2) is 35.5 Å². The third-order valence-corrected chi connectivity index (χ3v) is 1.95. The largest absolute Gasteiger partial charge is 0.459 e. The summed E-state index contributed by atoms with van der Waals surface area (Å²) < 4.78 is 5.17. The second-order valence-electron chi connectivity index (χ2n) is 4.24. The molecule has 90 valence electrons. The van der Waals surface area contributed by atoms with Crippen molar-refractivity contribution in [2.45, 2.75) is 47.1 Å². The lowest BCUT2D eigenvalue weighted by molar-refractivity contribution is -0.142. The summed E-state index contributed by atoms with van der Waals surface area (Å²) in [5.74, 6) is -0.292. The lowest BCUT2D eigenvalue weighted by Crippen LogP contribution is -2.14.